The molecule has 0 saturated heterocycles. The van der Waals surface area contributed by atoms with Gasteiger partial charge in [0.05, 0.1) is 17.2 Å². The molecule has 46 heavy (non-hydrogen) atoms. The third-order valence-corrected chi connectivity index (χ3v) is 9.83. The number of benzene rings is 4. The second-order valence-corrected chi connectivity index (χ2v) is 13.7. The van der Waals surface area contributed by atoms with E-state index in [1.165, 1.54) is 17.0 Å². The number of para-hydroxylation sites is 2. The second kappa shape index (κ2) is 16.4. The summed E-state index contributed by atoms with van der Waals surface area (Å²) in [6.45, 7) is 5.52. The van der Waals surface area contributed by atoms with Gasteiger partial charge in [0.2, 0.25) is 11.8 Å². The molecule has 0 unspecified atom stereocenters. The fourth-order valence-electron chi connectivity index (χ4n) is 5.00. The van der Waals surface area contributed by atoms with E-state index in [-0.39, 0.29) is 35.5 Å². The van der Waals surface area contributed by atoms with Gasteiger partial charge in [-0.15, -0.1) is 0 Å². The number of amides is 2. The zero-order valence-electron chi connectivity index (χ0n) is 26.3. The Morgan fingerprint density at radius 1 is 0.848 bits per heavy atom. The van der Waals surface area contributed by atoms with Gasteiger partial charge < -0.3 is 15.0 Å². The molecular weight excluding hydrogens is 666 g/mol. The third kappa shape index (κ3) is 8.98. The molecule has 4 aromatic carbocycles. The van der Waals surface area contributed by atoms with Gasteiger partial charge in [0.1, 0.15) is 18.3 Å². The molecular formula is C36H40BrN3O5S. The SMILES string of the molecule is CCOc1ccccc1N(CC(=O)N(Cc1cccc(Br)c1)[C@@H](Cc1ccccc1)C(=O)N[C@H](C)CC)S(=O)(=O)c1ccccc1. The number of halogens is 1. The minimum atomic E-state index is -4.23. The highest BCUT2D eigenvalue weighted by molar-refractivity contribution is 9.10. The lowest BCUT2D eigenvalue weighted by molar-refractivity contribution is -0.140. The van der Waals surface area contributed by atoms with Gasteiger partial charge in [-0.1, -0.05) is 95.7 Å². The smallest absolute Gasteiger partial charge is 0.264 e. The van der Waals surface area contributed by atoms with E-state index in [4.69, 9.17) is 4.74 Å². The van der Waals surface area contributed by atoms with Crippen molar-refractivity contribution in [1.29, 1.82) is 0 Å². The van der Waals surface area contributed by atoms with Gasteiger partial charge in [0, 0.05) is 23.5 Å². The van der Waals surface area contributed by atoms with E-state index in [1.807, 2.05) is 75.4 Å². The Balaban J connectivity index is 1.84. The molecule has 4 aromatic rings. The summed E-state index contributed by atoms with van der Waals surface area (Å²) < 4.78 is 36.2. The van der Waals surface area contributed by atoms with E-state index in [1.54, 1.807) is 42.5 Å². The first kappa shape index (κ1) is 34.7. The summed E-state index contributed by atoms with van der Waals surface area (Å²) in [4.78, 5) is 30.1. The van der Waals surface area contributed by atoms with Gasteiger partial charge >= 0.3 is 0 Å². The molecule has 0 aliphatic heterocycles. The third-order valence-electron chi connectivity index (χ3n) is 7.56. The van der Waals surface area contributed by atoms with Gasteiger partial charge in [-0.3, -0.25) is 13.9 Å². The van der Waals surface area contributed by atoms with Crippen LogP contribution in [0.25, 0.3) is 0 Å². The lowest BCUT2D eigenvalue weighted by Crippen LogP contribution is -2.54. The number of ether oxygens (including phenoxy) is 1. The summed E-state index contributed by atoms with van der Waals surface area (Å²) in [5, 5.41) is 3.06. The van der Waals surface area contributed by atoms with Gasteiger partial charge in [-0.05, 0) is 67.8 Å². The maximum atomic E-state index is 14.6. The highest BCUT2D eigenvalue weighted by Crippen LogP contribution is 2.33. The largest absolute Gasteiger partial charge is 0.492 e. The minimum absolute atomic E-state index is 0.0305. The Bertz CT molecular complexity index is 1700. The van der Waals surface area contributed by atoms with Crippen LogP contribution in [0, 0.1) is 0 Å². The van der Waals surface area contributed by atoms with Gasteiger partial charge in [0.15, 0.2) is 0 Å². The summed E-state index contributed by atoms with van der Waals surface area (Å²) in [5.74, 6) is -0.522. The Hall–Kier alpha value is -4.15. The zero-order chi connectivity index (χ0) is 33.1. The van der Waals surface area contributed by atoms with E-state index < -0.39 is 28.5 Å². The molecule has 8 nitrogen and oxygen atoms in total. The number of hydrogen-bond acceptors (Lipinski definition) is 5. The maximum absolute atomic E-state index is 14.6. The Labute approximate surface area is 280 Å². The summed E-state index contributed by atoms with van der Waals surface area (Å²) in [6.07, 6.45) is 0.949. The lowest BCUT2D eigenvalue weighted by atomic mass is 10.0. The number of carbonyl (C=O) groups is 2. The first-order valence-electron chi connectivity index (χ1n) is 15.3. The van der Waals surface area contributed by atoms with E-state index in [0.29, 0.717) is 18.8 Å². The topological polar surface area (TPSA) is 96.0 Å². The van der Waals surface area contributed by atoms with Crippen molar-refractivity contribution >= 4 is 43.5 Å². The molecule has 0 fully saturated rings. The van der Waals surface area contributed by atoms with Crippen LogP contribution in [0.15, 0.2) is 119 Å². The van der Waals surface area contributed by atoms with Crippen LogP contribution in [-0.2, 0) is 32.6 Å². The fraction of sp³-hybridized carbons (Fsp3) is 0.278. The quantitative estimate of drug-likeness (QED) is 0.150. The molecule has 10 heteroatoms. The van der Waals surface area contributed by atoms with Crippen LogP contribution < -0.4 is 14.4 Å². The fourth-order valence-corrected chi connectivity index (χ4v) is 6.89. The highest BCUT2D eigenvalue weighted by atomic mass is 79.9. The normalized spacial score (nSPS) is 12.5. The van der Waals surface area contributed by atoms with Crippen molar-refractivity contribution < 1.29 is 22.7 Å². The van der Waals surface area contributed by atoms with E-state index in [2.05, 4.69) is 21.2 Å². The van der Waals surface area contributed by atoms with E-state index in [9.17, 15) is 18.0 Å². The summed E-state index contributed by atoms with van der Waals surface area (Å²) in [5.41, 5.74) is 1.88. The van der Waals surface area contributed by atoms with Crippen molar-refractivity contribution in [3.05, 3.63) is 125 Å². The van der Waals surface area contributed by atoms with E-state index >= 15 is 0 Å². The molecule has 0 aromatic heterocycles. The van der Waals surface area contributed by atoms with Crippen LogP contribution in [0.4, 0.5) is 5.69 Å². The molecule has 0 heterocycles. The summed E-state index contributed by atoms with van der Waals surface area (Å²) in [7, 11) is -4.23. The predicted molar refractivity (Wildman–Crippen MR) is 185 cm³/mol. The average molecular weight is 707 g/mol. The molecule has 242 valence electrons. The Morgan fingerprint density at radius 2 is 1.48 bits per heavy atom. The van der Waals surface area contributed by atoms with Crippen molar-refractivity contribution in [1.82, 2.24) is 10.2 Å². The number of nitrogens with one attached hydrogen (secondary N) is 1. The number of carbonyl (C=O) groups excluding carboxylic acids is 2. The predicted octanol–water partition coefficient (Wildman–Crippen LogP) is 6.60. The number of rotatable bonds is 15. The molecule has 4 rings (SSSR count). The van der Waals surface area contributed by atoms with Crippen LogP contribution >= 0.6 is 15.9 Å². The highest BCUT2D eigenvalue weighted by Gasteiger charge is 2.35. The molecule has 0 spiro atoms. The molecule has 1 N–H and O–H groups in total. The number of nitrogens with zero attached hydrogens (tertiary/aromatic N) is 2. The van der Waals surface area contributed by atoms with Crippen molar-refractivity contribution in [3.8, 4) is 5.75 Å². The van der Waals surface area contributed by atoms with Crippen LogP contribution in [0.2, 0.25) is 0 Å². The molecule has 0 bridgehead atoms. The van der Waals surface area contributed by atoms with Crippen LogP contribution in [-0.4, -0.2) is 50.4 Å². The molecule has 0 aliphatic rings. The average Bonchev–Trinajstić information content (AvgIpc) is 3.06. The first-order valence-corrected chi connectivity index (χ1v) is 17.5. The van der Waals surface area contributed by atoms with Crippen molar-refractivity contribution in [3.63, 3.8) is 0 Å². The van der Waals surface area contributed by atoms with Crippen molar-refractivity contribution in [2.45, 2.75) is 57.1 Å². The summed E-state index contributed by atoms with van der Waals surface area (Å²) >= 11 is 3.51. The standard InChI is InChI=1S/C36H40BrN3O5S/c1-4-27(3)38-36(42)33(24-28-15-8-6-9-16-28)39(25-29-17-14-18-30(37)23-29)35(41)26-40(32-21-12-13-22-34(32)45-5-2)46(43,44)31-19-10-7-11-20-31/h6-23,27,33H,4-5,24-26H2,1-3H3,(H,38,42)/t27-,33+/m1/s1. The first-order chi connectivity index (χ1) is 22.1. The van der Waals surface area contributed by atoms with E-state index in [0.717, 1.165) is 19.9 Å². The number of sulfonamides is 1. The lowest BCUT2D eigenvalue weighted by Gasteiger charge is -2.34. The zero-order valence-corrected chi connectivity index (χ0v) is 28.7. The maximum Gasteiger partial charge on any atom is 0.264 e. The van der Waals surface area contributed by atoms with Crippen LogP contribution in [0.5, 0.6) is 5.75 Å². The minimum Gasteiger partial charge on any atom is -0.492 e. The number of hydrogen-bond donors (Lipinski definition) is 1. The number of anilines is 1. The van der Waals surface area contributed by atoms with Gasteiger partial charge in [0.25, 0.3) is 10.0 Å². The molecule has 2 atom stereocenters. The van der Waals surface area contributed by atoms with Gasteiger partial charge in [-0.25, -0.2) is 8.42 Å². The molecule has 0 saturated carbocycles. The molecule has 2 amide bonds. The Morgan fingerprint density at radius 3 is 2.13 bits per heavy atom. The monoisotopic (exact) mass is 705 g/mol. The second-order valence-electron chi connectivity index (χ2n) is 10.9. The van der Waals surface area contributed by atoms with Gasteiger partial charge in [-0.2, -0.15) is 0 Å². The Kier molecular flexibility index (Phi) is 12.4. The van der Waals surface area contributed by atoms with Crippen molar-refractivity contribution in [2.24, 2.45) is 0 Å². The summed E-state index contributed by atoms with van der Waals surface area (Å²) in [6, 6.07) is 30.7. The molecule has 0 aliphatic carbocycles. The van der Waals surface area contributed by atoms with Crippen LogP contribution in [0.1, 0.15) is 38.3 Å². The van der Waals surface area contributed by atoms with Crippen molar-refractivity contribution in [2.75, 3.05) is 17.5 Å². The molecule has 0 radical (unpaired) electrons. The van der Waals surface area contributed by atoms with Crippen LogP contribution in [0.3, 0.4) is 0 Å².